The highest BCUT2D eigenvalue weighted by molar-refractivity contribution is 7.80. The van der Waals surface area contributed by atoms with Crippen molar-refractivity contribution in [1.82, 2.24) is 4.98 Å². The molecule has 0 unspecified atom stereocenters. The summed E-state index contributed by atoms with van der Waals surface area (Å²) in [6.45, 7) is 1.12. The summed E-state index contributed by atoms with van der Waals surface area (Å²) < 4.78 is 0. The lowest BCUT2D eigenvalue weighted by Gasteiger charge is -2.44. The minimum Gasteiger partial charge on any atom is -0.388 e. The number of piperidine rings is 1. The molecule has 0 radical (unpaired) electrons. The fourth-order valence-electron chi connectivity index (χ4n) is 3.63. The minimum atomic E-state index is 0.388. The number of anilines is 1. The smallest absolute Gasteiger partial charge is 0.129 e. The summed E-state index contributed by atoms with van der Waals surface area (Å²) in [7, 11) is 0. The molecule has 2 heterocycles. The van der Waals surface area contributed by atoms with E-state index in [1.807, 2.05) is 12.1 Å². The molecular formula is C15H21N3S. The molecule has 1 aliphatic carbocycles. The van der Waals surface area contributed by atoms with Gasteiger partial charge in [0.2, 0.25) is 0 Å². The molecule has 2 atom stereocenters. The summed E-state index contributed by atoms with van der Waals surface area (Å²) in [4.78, 5) is 7.53. The lowest BCUT2D eigenvalue weighted by Crippen LogP contribution is -2.47. The van der Waals surface area contributed by atoms with Crippen LogP contribution in [-0.4, -0.2) is 22.6 Å². The number of fused-ring (bicyclic) bond motifs is 1. The summed E-state index contributed by atoms with van der Waals surface area (Å²) in [6, 6.07) is 6.69. The van der Waals surface area contributed by atoms with Gasteiger partial charge in [-0.2, -0.15) is 0 Å². The molecule has 1 aromatic heterocycles. The zero-order chi connectivity index (χ0) is 13.2. The van der Waals surface area contributed by atoms with Gasteiger partial charge in [-0.3, -0.25) is 0 Å². The SMILES string of the molecule is NC(=S)c1cccc(N2CCC[C@H]3CCCC[C@H]32)n1. The fourth-order valence-corrected chi connectivity index (χ4v) is 3.74. The van der Waals surface area contributed by atoms with Gasteiger partial charge in [0.1, 0.15) is 10.8 Å². The summed E-state index contributed by atoms with van der Waals surface area (Å²) in [6.07, 6.45) is 8.11. The largest absolute Gasteiger partial charge is 0.388 e. The maximum absolute atomic E-state index is 5.69. The Labute approximate surface area is 120 Å². The van der Waals surface area contributed by atoms with Gasteiger partial charge in [0, 0.05) is 12.6 Å². The van der Waals surface area contributed by atoms with Crippen molar-refractivity contribution in [3.63, 3.8) is 0 Å². The van der Waals surface area contributed by atoms with E-state index in [1.54, 1.807) is 0 Å². The van der Waals surface area contributed by atoms with Gasteiger partial charge in [-0.1, -0.05) is 31.1 Å². The quantitative estimate of drug-likeness (QED) is 0.843. The topological polar surface area (TPSA) is 42.1 Å². The van der Waals surface area contributed by atoms with E-state index >= 15 is 0 Å². The molecule has 1 aliphatic heterocycles. The second-order valence-electron chi connectivity index (χ2n) is 5.69. The van der Waals surface area contributed by atoms with Crippen LogP contribution in [0.15, 0.2) is 18.2 Å². The van der Waals surface area contributed by atoms with Crippen molar-refractivity contribution in [2.24, 2.45) is 11.7 Å². The molecule has 0 bridgehead atoms. The summed E-state index contributed by atoms with van der Waals surface area (Å²) in [5.74, 6) is 1.92. The zero-order valence-corrected chi connectivity index (χ0v) is 12.0. The Kier molecular flexibility index (Phi) is 3.69. The average Bonchev–Trinajstić information content (AvgIpc) is 2.47. The van der Waals surface area contributed by atoms with E-state index in [0.29, 0.717) is 11.0 Å². The molecule has 4 heteroatoms. The first-order chi connectivity index (χ1) is 9.25. The van der Waals surface area contributed by atoms with Crippen molar-refractivity contribution in [2.75, 3.05) is 11.4 Å². The summed E-state index contributed by atoms with van der Waals surface area (Å²) >= 11 is 5.03. The Morgan fingerprint density at radius 2 is 2.00 bits per heavy atom. The Morgan fingerprint density at radius 3 is 2.84 bits per heavy atom. The van der Waals surface area contributed by atoms with Crippen molar-refractivity contribution in [3.8, 4) is 0 Å². The molecule has 19 heavy (non-hydrogen) atoms. The standard InChI is InChI=1S/C15H21N3S/c16-15(19)12-7-3-9-14(17-12)18-10-4-6-11-5-1-2-8-13(11)18/h3,7,9,11,13H,1-2,4-6,8,10H2,(H2,16,19)/t11-,13-/m1/s1. The number of hydrogen-bond acceptors (Lipinski definition) is 3. The minimum absolute atomic E-state index is 0.388. The number of hydrogen-bond donors (Lipinski definition) is 1. The third kappa shape index (κ3) is 2.59. The Morgan fingerprint density at radius 1 is 1.21 bits per heavy atom. The van der Waals surface area contributed by atoms with Crippen molar-refractivity contribution in [3.05, 3.63) is 23.9 Å². The van der Waals surface area contributed by atoms with Gasteiger partial charge in [0.15, 0.2) is 0 Å². The van der Waals surface area contributed by atoms with Gasteiger partial charge in [-0.05, 0) is 43.7 Å². The monoisotopic (exact) mass is 275 g/mol. The lowest BCUT2D eigenvalue weighted by molar-refractivity contribution is 0.243. The van der Waals surface area contributed by atoms with Crippen molar-refractivity contribution >= 4 is 23.0 Å². The normalized spacial score (nSPS) is 26.8. The van der Waals surface area contributed by atoms with Crippen LogP contribution < -0.4 is 10.6 Å². The van der Waals surface area contributed by atoms with E-state index in [4.69, 9.17) is 18.0 Å². The van der Waals surface area contributed by atoms with Crippen molar-refractivity contribution in [2.45, 2.75) is 44.6 Å². The lowest BCUT2D eigenvalue weighted by atomic mass is 9.78. The Bertz CT molecular complexity index is 472. The van der Waals surface area contributed by atoms with Crippen molar-refractivity contribution in [1.29, 1.82) is 0 Å². The molecule has 3 rings (SSSR count). The van der Waals surface area contributed by atoms with Crippen molar-refractivity contribution < 1.29 is 0 Å². The first-order valence-electron chi connectivity index (χ1n) is 7.29. The maximum atomic E-state index is 5.69. The number of nitrogens with zero attached hydrogens (tertiary/aromatic N) is 2. The molecular weight excluding hydrogens is 254 g/mol. The Balaban J connectivity index is 1.87. The highest BCUT2D eigenvalue weighted by Crippen LogP contribution is 2.37. The number of thiocarbonyl (C=S) groups is 1. The zero-order valence-electron chi connectivity index (χ0n) is 11.2. The molecule has 1 saturated carbocycles. The maximum Gasteiger partial charge on any atom is 0.129 e. The number of nitrogens with two attached hydrogens (primary N) is 1. The average molecular weight is 275 g/mol. The molecule has 102 valence electrons. The van der Waals surface area contributed by atoms with Crippen LogP contribution in [0.4, 0.5) is 5.82 Å². The van der Waals surface area contributed by atoms with Gasteiger partial charge >= 0.3 is 0 Å². The third-order valence-electron chi connectivity index (χ3n) is 4.52. The van der Waals surface area contributed by atoms with E-state index in [9.17, 15) is 0 Å². The van der Waals surface area contributed by atoms with Gasteiger partial charge in [-0.15, -0.1) is 0 Å². The molecule has 0 spiro atoms. The van der Waals surface area contributed by atoms with Gasteiger partial charge in [0.25, 0.3) is 0 Å². The molecule has 1 aromatic rings. The van der Waals surface area contributed by atoms with E-state index in [1.165, 1.54) is 38.5 Å². The van der Waals surface area contributed by atoms with Crippen LogP contribution >= 0.6 is 12.2 Å². The molecule has 2 N–H and O–H groups in total. The van der Waals surface area contributed by atoms with Gasteiger partial charge in [0.05, 0.1) is 5.69 Å². The van der Waals surface area contributed by atoms with Crippen LogP contribution in [0, 0.1) is 5.92 Å². The predicted molar refractivity (Wildman–Crippen MR) is 82.5 cm³/mol. The molecule has 2 fully saturated rings. The second kappa shape index (κ2) is 5.45. The van der Waals surface area contributed by atoms with E-state index in [0.717, 1.165) is 24.0 Å². The molecule has 0 amide bonds. The highest BCUT2D eigenvalue weighted by Gasteiger charge is 2.33. The summed E-state index contributed by atoms with van der Waals surface area (Å²) in [5.41, 5.74) is 6.44. The molecule has 1 saturated heterocycles. The summed E-state index contributed by atoms with van der Waals surface area (Å²) in [5, 5.41) is 0. The van der Waals surface area contributed by atoms with Crippen LogP contribution in [0.3, 0.4) is 0 Å². The van der Waals surface area contributed by atoms with Crippen LogP contribution in [-0.2, 0) is 0 Å². The van der Waals surface area contributed by atoms with Crippen LogP contribution in [0.1, 0.15) is 44.2 Å². The molecule has 2 aliphatic rings. The molecule has 3 nitrogen and oxygen atoms in total. The Hall–Kier alpha value is -1.16. The van der Waals surface area contributed by atoms with E-state index in [-0.39, 0.29) is 0 Å². The predicted octanol–water partition coefficient (Wildman–Crippen LogP) is 2.87. The fraction of sp³-hybridized carbons (Fsp3) is 0.600. The second-order valence-corrected chi connectivity index (χ2v) is 6.13. The first kappa shape index (κ1) is 12.9. The highest BCUT2D eigenvalue weighted by atomic mass is 32.1. The van der Waals surface area contributed by atoms with Crippen LogP contribution in [0.25, 0.3) is 0 Å². The van der Waals surface area contributed by atoms with Gasteiger partial charge < -0.3 is 10.6 Å². The van der Waals surface area contributed by atoms with E-state index in [2.05, 4.69) is 16.0 Å². The number of pyridine rings is 1. The number of rotatable bonds is 2. The van der Waals surface area contributed by atoms with E-state index < -0.39 is 0 Å². The van der Waals surface area contributed by atoms with Gasteiger partial charge in [-0.25, -0.2) is 4.98 Å². The third-order valence-corrected chi connectivity index (χ3v) is 4.73. The molecule has 0 aromatic carbocycles. The first-order valence-corrected chi connectivity index (χ1v) is 7.70. The van der Waals surface area contributed by atoms with Crippen LogP contribution in [0.2, 0.25) is 0 Å². The van der Waals surface area contributed by atoms with Crippen LogP contribution in [0.5, 0.6) is 0 Å². The number of aromatic nitrogens is 1.